The van der Waals surface area contributed by atoms with Gasteiger partial charge in [0.2, 0.25) is 5.91 Å². The standard InChI is InChI=1S/C25H27FN2O2/c1-15(2)24(30)28-20-12-8-7-11-18(20)27-19-13-25(3,4)14-21(29)22(19)23(28)16-9-5-6-10-17(16)26/h5-13,15,22-23,27H,14H2,1-4H3. The number of ketones is 1. The van der Waals surface area contributed by atoms with Crippen LogP contribution >= 0.6 is 0 Å². The minimum absolute atomic E-state index is 0.00705. The lowest BCUT2D eigenvalue weighted by atomic mass is 9.72. The van der Waals surface area contributed by atoms with Gasteiger partial charge in [-0.15, -0.1) is 0 Å². The molecule has 1 aliphatic heterocycles. The molecule has 0 fully saturated rings. The van der Waals surface area contributed by atoms with Crippen LogP contribution in [-0.4, -0.2) is 11.7 Å². The quantitative estimate of drug-likeness (QED) is 0.718. The summed E-state index contributed by atoms with van der Waals surface area (Å²) in [5.41, 5.74) is 2.17. The van der Waals surface area contributed by atoms with Crippen LogP contribution in [0.5, 0.6) is 0 Å². The molecule has 2 aromatic rings. The molecular weight excluding hydrogens is 379 g/mol. The van der Waals surface area contributed by atoms with Crippen molar-refractivity contribution in [2.45, 2.75) is 40.2 Å². The summed E-state index contributed by atoms with van der Waals surface area (Å²) in [4.78, 5) is 28.5. The van der Waals surface area contributed by atoms with E-state index in [0.29, 0.717) is 17.7 Å². The van der Waals surface area contributed by atoms with Gasteiger partial charge in [0.1, 0.15) is 11.6 Å². The van der Waals surface area contributed by atoms with E-state index in [0.717, 1.165) is 11.4 Å². The number of rotatable bonds is 2. The van der Waals surface area contributed by atoms with Crippen LogP contribution in [0.2, 0.25) is 0 Å². The average molecular weight is 407 g/mol. The second kappa shape index (κ2) is 7.38. The summed E-state index contributed by atoms with van der Waals surface area (Å²) in [7, 11) is 0. The topological polar surface area (TPSA) is 49.4 Å². The van der Waals surface area contributed by atoms with E-state index in [1.54, 1.807) is 23.1 Å². The Morgan fingerprint density at radius 3 is 2.50 bits per heavy atom. The molecule has 2 aliphatic rings. The summed E-state index contributed by atoms with van der Waals surface area (Å²) in [5.74, 6) is -1.53. The van der Waals surface area contributed by atoms with E-state index in [9.17, 15) is 9.59 Å². The molecule has 4 rings (SSSR count). The molecule has 156 valence electrons. The smallest absolute Gasteiger partial charge is 0.230 e. The Hall–Kier alpha value is -2.95. The highest BCUT2D eigenvalue weighted by Gasteiger charge is 2.47. The number of nitrogens with zero attached hydrogens (tertiary/aromatic N) is 1. The largest absolute Gasteiger partial charge is 0.357 e. The Kier molecular flexibility index (Phi) is 5.00. The zero-order valence-corrected chi connectivity index (χ0v) is 17.8. The molecule has 1 N–H and O–H groups in total. The highest BCUT2D eigenvalue weighted by Crippen LogP contribution is 2.49. The van der Waals surface area contributed by atoms with Gasteiger partial charge in [0.15, 0.2) is 0 Å². The predicted octanol–water partition coefficient (Wildman–Crippen LogP) is 5.48. The molecule has 0 saturated carbocycles. The Morgan fingerprint density at radius 2 is 1.80 bits per heavy atom. The molecule has 2 atom stereocenters. The Bertz CT molecular complexity index is 1040. The lowest BCUT2D eigenvalue weighted by Gasteiger charge is -2.39. The van der Waals surface area contributed by atoms with E-state index in [2.05, 4.69) is 11.4 Å². The highest BCUT2D eigenvalue weighted by molar-refractivity contribution is 6.02. The monoisotopic (exact) mass is 406 g/mol. The molecule has 1 amide bonds. The van der Waals surface area contributed by atoms with E-state index in [1.165, 1.54) is 6.07 Å². The molecule has 0 bridgehead atoms. The summed E-state index contributed by atoms with van der Waals surface area (Å²) in [6.07, 6.45) is 2.40. The third-order valence-corrected chi connectivity index (χ3v) is 5.85. The summed E-state index contributed by atoms with van der Waals surface area (Å²) in [6, 6.07) is 13.2. The van der Waals surface area contributed by atoms with Gasteiger partial charge >= 0.3 is 0 Å². The summed E-state index contributed by atoms with van der Waals surface area (Å²) in [5, 5.41) is 3.41. The number of anilines is 2. The first-order chi connectivity index (χ1) is 14.2. The summed E-state index contributed by atoms with van der Waals surface area (Å²) >= 11 is 0. The number of hydrogen-bond acceptors (Lipinski definition) is 3. The lowest BCUT2D eigenvalue weighted by molar-refractivity contribution is -0.125. The lowest BCUT2D eigenvalue weighted by Crippen LogP contribution is -2.45. The number of allylic oxidation sites excluding steroid dienone is 1. The van der Waals surface area contributed by atoms with Gasteiger partial charge in [-0.1, -0.05) is 64.1 Å². The number of carbonyl (C=O) groups excluding carboxylic acids is 2. The average Bonchev–Trinajstić information content (AvgIpc) is 2.80. The Balaban J connectivity index is 2.04. The van der Waals surface area contributed by atoms with Gasteiger partial charge in [0.05, 0.1) is 23.3 Å². The van der Waals surface area contributed by atoms with Gasteiger partial charge in [-0.3, -0.25) is 9.59 Å². The van der Waals surface area contributed by atoms with Crippen molar-refractivity contribution in [1.29, 1.82) is 0 Å². The van der Waals surface area contributed by atoms with Gasteiger partial charge < -0.3 is 10.2 Å². The number of amides is 1. The first kappa shape index (κ1) is 20.3. The molecule has 30 heavy (non-hydrogen) atoms. The van der Waals surface area contributed by atoms with Crippen LogP contribution in [0.3, 0.4) is 0 Å². The van der Waals surface area contributed by atoms with E-state index in [-0.39, 0.29) is 23.0 Å². The number of fused-ring (bicyclic) bond motifs is 2. The first-order valence-corrected chi connectivity index (χ1v) is 10.4. The van der Waals surface area contributed by atoms with Crippen LogP contribution in [0, 0.1) is 23.1 Å². The minimum Gasteiger partial charge on any atom is -0.357 e. The number of benzene rings is 2. The number of para-hydroxylation sites is 2. The van der Waals surface area contributed by atoms with Gasteiger partial charge in [0.25, 0.3) is 0 Å². The zero-order chi connectivity index (χ0) is 21.6. The van der Waals surface area contributed by atoms with Crippen LogP contribution in [-0.2, 0) is 9.59 Å². The molecule has 4 nitrogen and oxygen atoms in total. The predicted molar refractivity (Wildman–Crippen MR) is 117 cm³/mol. The molecule has 1 heterocycles. The third-order valence-electron chi connectivity index (χ3n) is 5.85. The second-order valence-corrected chi connectivity index (χ2v) is 9.18. The van der Waals surface area contributed by atoms with Crippen molar-refractivity contribution in [3.8, 4) is 0 Å². The molecular formula is C25H27FN2O2. The molecule has 2 unspecified atom stereocenters. The van der Waals surface area contributed by atoms with E-state index in [4.69, 9.17) is 0 Å². The maximum Gasteiger partial charge on any atom is 0.230 e. The highest BCUT2D eigenvalue weighted by atomic mass is 19.1. The summed E-state index contributed by atoms with van der Waals surface area (Å²) < 4.78 is 15.1. The third kappa shape index (κ3) is 3.42. The van der Waals surface area contributed by atoms with Gasteiger partial charge in [0, 0.05) is 23.6 Å². The Labute approximate surface area is 176 Å². The van der Waals surface area contributed by atoms with Gasteiger partial charge in [-0.05, 0) is 23.6 Å². The van der Waals surface area contributed by atoms with E-state index < -0.39 is 17.8 Å². The number of carbonyl (C=O) groups is 2. The second-order valence-electron chi connectivity index (χ2n) is 9.18. The van der Waals surface area contributed by atoms with Gasteiger partial charge in [-0.2, -0.15) is 0 Å². The fourth-order valence-corrected chi connectivity index (χ4v) is 4.57. The molecule has 1 aliphatic carbocycles. The van der Waals surface area contributed by atoms with Crippen molar-refractivity contribution in [3.05, 3.63) is 71.7 Å². The van der Waals surface area contributed by atoms with Crippen molar-refractivity contribution in [3.63, 3.8) is 0 Å². The molecule has 5 heteroatoms. The molecule has 0 radical (unpaired) electrons. The SMILES string of the molecule is CC(C)C(=O)N1c2ccccc2NC2=CC(C)(C)CC(=O)C2C1c1ccccc1F. The van der Waals surface area contributed by atoms with Crippen molar-refractivity contribution < 1.29 is 14.0 Å². The number of hydrogen-bond donors (Lipinski definition) is 1. The first-order valence-electron chi connectivity index (χ1n) is 10.4. The number of nitrogens with one attached hydrogen (secondary N) is 1. The van der Waals surface area contributed by atoms with Crippen LogP contribution in [0.15, 0.2) is 60.3 Å². The normalized spacial score (nSPS) is 22.5. The van der Waals surface area contributed by atoms with Crippen LogP contribution in [0.1, 0.15) is 45.7 Å². The van der Waals surface area contributed by atoms with E-state index in [1.807, 2.05) is 52.0 Å². The van der Waals surface area contributed by atoms with Crippen molar-refractivity contribution in [2.75, 3.05) is 10.2 Å². The number of Topliss-reactive ketones (excluding diaryl/α,β-unsaturated/α-hetero) is 1. The molecule has 2 aromatic carbocycles. The summed E-state index contributed by atoms with van der Waals surface area (Å²) in [6.45, 7) is 7.68. The van der Waals surface area contributed by atoms with Crippen LogP contribution in [0.4, 0.5) is 15.8 Å². The van der Waals surface area contributed by atoms with Crippen LogP contribution in [0.25, 0.3) is 0 Å². The van der Waals surface area contributed by atoms with Crippen molar-refractivity contribution in [2.24, 2.45) is 17.3 Å². The number of halogens is 1. The van der Waals surface area contributed by atoms with Crippen LogP contribution < -0.4 is 10.2 Å². The van der Waals surface area contributed by atoms with E-state index >= 15 is 4.39 Å². The maximum absolute atomic E-state index is 15.1. The molecule has 0 aromatic heterocycles. The van der Waals surface area contributed by atoms with Gasteiger partial charge in [-0.25, -0.2) is 4.39 Å². The van der Waals surface area contributed by atoms with Crippen molar-refractivity contribution in [1.82, 2.24) is 0 Å². The minimum atomic E-state index is -0.757. The maximum atomic E-state index is 15.1. The Morgan fingerprint density at radius 1 is 1.13 bits per heavy atom. The molecule has 0 spiro atoms. The van der Waals surface area contributed by atoms with Crippen molar-refractivity contribution >= 4 is 23.1 Å². The molecule has 0 saturated heterocycles. The fourth-order valence-electron chi connectivity index (χ4n) is 4.57. The fraction of sp³-hybridized carbons (Fsp3) is 0.360. The zero-order valence-electron chi connectivity index (χ0n) is 17.8.